The zero-order valence-corrected chi connectivity index (χ0v) is 12.9. The van der Waals surface area contributed by atoms with E-state index in [4.69, 9.17) is 4.74 Å². The predicted octanol–water partition coefficient (Wildman–Crippen LogP) is 3.38. The van der Waals surface area contributed by atoms with Gasteiger partial charge in [-0.05, 0) is 23.9 Å². The number of non-ortho nitro benzene ring substituents is 1. The highest BCUT2D eigenvalue weighted by atomic mass is 16.6. The lowest BCUT2D eigenvalue weighted by molar-refractivity contribution is -0.384. The van der Waals surface area contributed by atoms with E-state index >= 15 is 0 Å². The molecule has 0 saturated carbocycles. The minimum atomic E-state index is -0.388. The monoisotopic (exact) mass is 280 g/mol. The molecule has 0 fully saturated rings. The van der Waals surface area contributed by atoms with Crippen molar-refractivity contribution in [2.45, 2.75) is 34.2 Å². The third-order valence-corrected chi connectivity index (χ3v) is 3.72. The fraction of sp³-hybridized carbons (Fsp3) is 0.600. The number of nitrogens with zero attached hydrogens (tertiary/aromatic N) is 1. The Hall–Kier alpha value is -1.62. The summed E-state index contributed by atoms with van der Waals surface area (Å²) in [4.78, 5) is 10.4. The van der Waals surface area contributed by atoms with Gasteiger partial charge in [-0.15, -0.1) is 0 Å². The number of ether oxygens (including phenoxy) is 1. The Kier molecular flexibility index (Phi) is 5.51. The minimum absolute atomic E-state index is 0.0893. The molecule has 0 aliphatic heterocycles. The van der Waals surface area contributed by atoms with Crippen molar-refractivity contribution in [1.82, 2.24) is 5.32 Å². The van der Waals surface area contributed by atoms with Gasteiger partial charge in [0, 0.05) is 24.2 Å². The van der Waals surface area contributed by atoms with Crippen molar-refractivity contribution in [3.63, 3.8) is 0 Å². The van der Waals surface area contributed by atoms with Crippen LogP contribution in [0.5, 0.6) is 5.75 Å². The van der Waals surface area contributed by atoms with Crippen molar-refractivity contribution in [1.29, 1.82) is 0 Å². The standard InChI is InChI=1S/C15H24N2O3/c1-11(15(2,3)4)9-16-10-12-8-13(17(18)19)6-7-14(12)20-5/h6-8,11,16H,9-10H2,1-5H3. The molecular formula is C15H24N2O3. The van der Waals surface area contributed by atoms with E-state index in [1.807, 2.05) is 0 Å². The normalized spacial score (nSPS) is 13.1. The lowest BCUT2D eigenvalue weighted by atomic mass is 9.82. The summed E-state index contributed by atoms with van der Waals surface area (Å²) in [5, 5.41) is 14.2. The quantitative estimate of drug-likeness (QED) is 0.641. The summed E-state index contributed by atoms with van der Waals surface area (Å²) in [7, 11) is 1.57. The van der Waals surface area contributed by atoms with E-state index in [1.165, 1.54) is 6.07 Å². The molecule has 0 aromatic heterocycles. The van der Waals surface area contributed by atoms with Gasteiger partial charge in [-0.3, -0.25) is 10.1 Å². The van der Waals surface area contributed by atoms with Gasteiger partial charge in [-0.1, -0.05) is 27.7 Å². The summed E-state index contributed by atoms with van der Waals surface area (Å²) < 4.78 is 5.24. The Morgan fingerprint density at radius 2 is 2.05 bits per heavy atom. The van der Waals surface area contributed by atoms with E-state index in [9.17, 15) is 10.1 Å². The average molecular weight is 280 g/mol. The maximum absolute atomic E-state index is 10.8. The third kappa shape index (κ3) is 4.49. The molecular weight excluding hydrogens is 256 g/mol. The van der Waals surface area contributed by atoms with Gasteiger partial charge in [0.2, 0.25) is 0 Å². The molecule has 1 aromatic rings. The fourth-order valence-corrected chi connectivity index (χ4v) is 1.75. The molecule has 0 saturated heterocycles. The van der Waals surface area contributed by atoms with Crippen molar-refractivity contribution in [3.05, 3.63) is 33.9 Å². The molecule has 20 heavy (non-hydrogen) atoms. The molecule has 5 heteroatoms. The number of benzene rings is 1. The van der Waals surface area contributed by atoms with Crippen LogP contribution in [-0.2, 0) is 6.54 Å². The Bertz CT molecular complexity index is 467. The van der Waals surface area contributed by atoms with Crippen LogP contribution < -0.4 is 10.1 Å². The smallest absolute Gasteiger partial charge is 0.270 e. The zero-order chi connectivity index (χ0) is 15.3. The molecule has 0 aliphatic rings. The molecule has 0 bridgehead atoms. The molecule has 112 valence electrons. The van der Waals surface area contributed by atoms with Crippen LogP contribution in [-0.4, -0.2) is 18.6 Å². The van der Waals surface area contributed by atoms with Crippen LogP contribution in [0.4, 0.5) is 5.69 Å². The van der Waals surface area contributed by atoms with Gasteiger partial charge in [0.15, 0.2) is 0 Å². The maximum Gasteiger partial charge on any atom is 0.270 e. The van der Waals surface area contributed by atoms with Crippen molar-refractivity contribution in [2.75, 3.05) is 13.7 Å². The second kappa shape index (κ2) is 6.70. The number of rotatable bonds is 6. The van der Waals surface area contributed by atoms with Crippen molar-refractivity contribution in [2.24, 2.45) is 11.3 Å². The topological polar surface area (TPSA) is 64.4 Å². The number of nitrogens with one attached hydrogen (secondary N) is 1. The predicted molar refractivity (Wildman–Crippen MR) is 80.0 cm³/mol. The number of nitro benzene ring substituents is 1. The lowest BCUT2D eigenvalue weighted by Crippen LogP contribution is -2.29. The first kappa shape index (κ1) is 16.4. The van der Waals surface area contributed by atoms with Gasteiger partial charge < -0.3 is 10.1 Å². The summed E-state index contributed by atoms with van der Waals surface area (Å²) in [6.45, 7) is 10.2. The minimum Gasteiger partial charge on any atom is -0.496 e. The van der Waals surface area contributed by atoms with Crippen molar-refractivity contribution < 1.29 is 9.66 Å². The summed E-state index contributed by atoms with van der Waals surface area (Å²) in [5.41, 5.74) is 1.13. The molecule has 1 rings (SSSR count). The van der Waals surface area contributed by atoms with Gasteiger partial charge in [-0.2, -0.15) is 0 Å². The maximum atomic E-state index is 10.8. The molecule has 0 aliphatic carbocycles. The van der Waals surface area contributed by atoms with Crippen LogP contribution in [0.25, 0.3) is 0 Å². The van der Waals surface area contributed by atoms with E-state index in [0.29, 0.717) is 18.2 Å². The zero-order valence-electron chi connectivity index (χ0n) is 12.9. The Morgan fingerprint density at radius 3 is 2.55 bits per heavy atom. The summed E-state index contributed by atoms with van der Waals surface area (Å²) in [6, 6.07) is 4.66. The first-order valence-electron chi connectivity index (χ1n) is 6.77. The van der Waals surface area contributed by atoms with Crippen LogP contribution in [0.3, 0.4) is 0 Å². The van der Waals surface area contributed by atoms with Gasteiger partial charge in [-0.25, -0.2) is 0 Å². The van der Waals surface area contributed by atoms with E-state index in [-0.39, 0.29) is 16.0 Å². The van der Waals surface area contributed by atoms with Crippen LogP contribution in [0, 0.1) is 21.4 Å². The SMILES string of the molecule is COc1ccc([N+](=O)[O-])cc1CNCC(C)C(C)(C)C. The second-order valence-corrected chi connectivity index (χ2v) is 6.15. The van der Waals surface area contributed by atoms with E-state index < -0.39 is 0 Å². The number of methoxy groups -OCH3 is 1. The third-order valence-electron chi connectivity index (χ3n) is 3.72. The lowest BCUT2D eigenvalue weighted by Gasteiger charge is -2.27. The van der Waals surface area contributed by atoms with E-state index in [0.717, 1.165) is 12.1 Å². The molecule has 1 aromatic carbocycles. The number of nitro groups is 1. The van der Waals surface area contributed by atoms with Gasteiger partial charge in [0.05, 0.1) is 12.0 Å². The van der Waals surface area contributed by atoms with Crippen molar-refractivity contribution >= 4 is 5.69 Å². The molecule has 0 heterocycles. The first-order valence-corrected chi connectivity index (χ1v) is 6.77. The van der Waals surface area contributed by atoms with E-state index in [1.54, 1.807) is 19.2 Å². The molecule has 1 atom stereocenters. The summed E-state index contributed by atoms with van der Waals surface area (Å²) in [6.07, 6.45) is 0. The van der Waals surface area contributed by atoms with Crippen LogP contribution in [0.2, 0.25) is 0 Å². The molecule has 0 radical (unpaired) electrons. The van der Waals surface area contributed by atoms with Crippen LogP contribution in [0.1, 0.15) is 33.3 Å². The van der Waals surface area contributed by atoms with Crippen molar-refractivity contribution in [3.8, 4) is 5.75 Å². The van der Waals surface area contributed by atoms with E-state index in [2.05, 4.69) is 33.0 Å². The summed E-state index contributed by atoms with van der Waals surface area (Å²) >= 11 is 0. The average Bonchev–Trinajstić information content (AvgIpc) is 2.37. The largest absolute Gasteiger partial charge is 0.496 e. The molecule has 1 N–H and O–H groups in total. The van der Waals surface area contributed by atoms with Gasteiger partial charge in [0.25, 0.3) is 5.69 Å². The second-order valence-electron chi connectivity index (χ2n) is 6.15. The Morgan fingerprint density at radius 1 is 1.40 bits per heavy atom. The molecule has 5 nitrogen and oxygen atoms in total. The van der Waals surface area contributed by atoms with Gasteiger partial charge >= 0.3 is 0 Å². The number of hydrogen-bond donors (Lipinski definition) is 1. The van der Waals surface area contributed by atoms with Gasteiger partial charge in [0.1, 0.15) is 5.75 Å². The first-order chi connectivity index (χ1) is 9.25. The molecule has 0 amide bonds. The highest BCUT2D eigenvalue weighted by molar-refractivity contribution is 5.43. The summed E-state index contributed by atoms with van der Waals surface area (Å²) in [5.74, 6) is 1.18. The molecule has 1 unspecified atom stereocenters. The highest BCUT2D eigenvalue weighted by Crippen LogP contribution is 2.26. The Labute approximate surface area is 120 Å². The highest BCUT2D eigenvalue weighted by Gasteiger charge is 2.19. The van der Waals surface area contributed by atoms with Crippen LogP contribution in [0.15, 0.2) is 18.2 Å². The Balaban J connectivity index is 2.71. The fourth-order valence-electron chi connectivity index (χ4n) is 1.75. The van der Waals surface area contributed by atoms with Crippen LogP contribution >= 0.6 is 0 Å². The molecule has 0 spiro atoms. The number of hydrogen-bond acceptors (Lipinski definition) is 4.